The van der Waals surface area contributed by atoms with Crippen LogP contribution in [0.3, 0.4) is 0 Å². The molecular weight excluding hydrogens is 358 g/mol. The summed E-state index contributed by atoms with van der Waals surface area (Å²) in [6, 6.07) is 8.57. The molecular formula is C18H22ClN3O2S. The van der Waals surface area contributed by atoms with Gasteiger partial charge in [-0.2, -0.15) is 0 Å². The highest BCUT2D eigenvalue weighted by Crippen LogP contribution is 2.21. The number of carbonyl (C=O) groups is 2. The van der Waals surface area contributed by atoms with Crippen LogP contribution in [0.4, 0.5) is 10.5 Å². The van der Waals surface area contributed by atoms with Gasteiger partial charge < -0.3 is 16.0 Å². The second kappa shape index (κ2) is 9.44. The van der Waals surface area contributed by atoms with Crippen molar-refractivity contribution in [2.75, 3.05) is 18.4 Å². The zero-order valence-electron chi connectivity index (χ0n) is 14.3. The molecule has 1 heterocycles. The maximum absolute atomic E-state index is 12.1. The molecule has 0 atom stereocenters. The minimum absolute atomic E-state index is 0.217. The van der Waals surface area contributed by atoms with E-state index in [-0.39, 0.29) is 11.9 Å². The molecule has 0 radical (unpaired) electrons. The maximum Gasteiger partial charge on any atom is 0.319 e. The summed E-state index contributed by atoms with van der Waals surface area (Å²) in [5.41, 5.74) is 0.935. The van der Waals surface area contributed by atoms with Gasteiger partial charge in [-0.3, -0.25) is 4.79 Å². The van der Waals surface area contributed by atoms with E-state index in [2.05, 4.69) is 16.0 Å². The van der Waals surface area contributed by atoms with Gasteiger partial charge in [0.1, 0.15) is 0 Å². The van der Waals surface area contributed by atoms with E-state index in [1.54, 1.807) is 29.5 Å². The molecule has 0 saturated heterocycles. The van der Waals surface area contributed by atoms with Gasteiger partial charge in [-0.15, -0.1) is 11.3 Å². The summed E-state index contributed by atoms with van der Waals surface area (Å²) in [6.07, 6.45) is 0.792. The Hall–Kier alpha value is -2.05. The highest BCUT2D eigenvalue weighted by atomic mass is 35.5. The third kappa shape index (κ3) is 6.40. The Morgan fingerprint density at radius 1 is 1.20 bits per heavy atom. The van der Waals surface area contributed by atoms with Crippen LogP contribution in [0, 0.1) is 5.92 Å². The number of hydrogen-bond acceptors (Lipinski definition) is 3. The van der Waals surface area contributed by atoms with E-state index in [1.165, 1.54) is 4.88 Å². The second-order valence-electron chi connectivity index (χ2n) is 6.01. The lowest BCUT2D eigenvalue weighted by Crippen LogP contribution is -2.30. The molecule has 0 fully saturated rings. The predicted octanol–water partition coefficient (Wildman–Crippen LogP) is 4.15. The Labute approximate surface area is 156 Å². The highest BCUT2D eigenvalue weighted by molar-refractivity contribution is 7.09. The molecule has 5 nitrogen and oxygen atoms in total. The van der Waals surface area contributed by atoms with Crippen molar-refractivity contribution < 1.29 is 9.59 Å². The van der Waals surface area contributed by atoms with Gasteiger partial charge in [0.05, 0.1) is 10.6 Å². The topological polar surface area (TPSA) is 70.2 Å². The Kier molecular flexibility index (Phi) is 7.28. The maximum atomic E-state index is 12.1. The van der Waals surface area contributed by atoms with Crippen LogP contribution in [-0.4, -0.2) is 25.0 Å². The molecule has 0 spiro atoms. The first-order chi connectivity index (χ1) is 12.0. The normalized spacial score (nSPS) is 10.6. The number of carbonyl (C=O) groups excluding carboxylic acids is 2. The Morgan fingerprint density at radius 3 is 2.64 bits per heavy atom. The second-order valence-corrected chi connectivity index (χ2v) is 7.45. The summed E-state index contributed by atoms with van der Waals surface area (Å²) < 4.78 is 0. The molecule has 134 valence electrons. The van der Waals surface area contributed by atoms with Gasteiger partial charge in [0.25, 0.3) is 5.91 Å². The van der Waals surface area contributed by atoms with Crippen molar-refractivity contribution in [2.45, 2.75) is 20.3 Å². The van der Waals surface area contributed by atoms with Crippen LogP contribution in [0.15, 0.2) is 35.7 Å². The number of urea groups is 1. The smallest absolute Gasteiger partial charge is 0.319 e. The van der Waals surface area contributed by atoms with Crippen molar-refractivity contribution in [3.05, 3.63) is 51.2 Å². The van der Waals surface area contributed by atoms with Crippen molar-refractivity contribution in [3.8, 4) is 0 Å². The van der Waals surface area contributed by atoms with Crippen molar-refractivity contribution in [2.24, 2.45) is 5.92 Å². The van der Waals surface area contributed by atoms with Crippen LogP contribution in [-0.2, 0) is 6.42 Å². The molecule has 2 aromatic rings. The van der Waals surface area contributed by atoms with Crippen LogP contribution in [0.2, 0.25) is 5.02 Å². The quantitative estimate of drug-likeness (QED) is 0.676. The fraction of sp³-hybridized carbons (Fsp3) is 0.333. The van der Waals surface area contributed by atoms with Crippen LogP contribution in [0.1, 0.15) is 29.1 Å². The Balaban J connectivity index is 1.84. The van der Waals surface area contributed by atoms with E-state index >= 15 is 0 Å². The van der Waals surface area contributed by atoms with E-state index in [0.29, 0.717) is 35.3 Å². The average molecular weight is 380 g/mol. The summed E-state index contributed by atoms with van der Waals surface area (Å²) in [5, 5.41) is 10.6. The SMILES string of the molecule is CC(C)CNC(=O)c1ccc(NC(=O)NCCc2cccs2)cc1Cl. The molecule has 0 bridgehead atoms. The van der Waals surface area contributed by atoms with Gasteiger partial charge in [0, 0.05) is 23.7 Å². The van der Waals surface area contributed by atoms with Crippen LogP contribution < -0.4 is 16.0 Å². The van der Waals surface area contributed by atoms with Crippen molar-refractivity contribution in [1.82, 2.24) is 10.6 Å². The van der Waals surface area contributed by atoms with Crippen LogP contribution in [0.25, 0.3) is 0 Å². The lowest BCUT2D eigenvalue weighted by molar-refractivity contribution is 0.0949. The summed E-state index contributed by atoms with van der Waals surface area (Å²) in [6.45, 7) is 5.18. The number of anilines is 1. The van der Waals surface area contributed by atoms with E-state index in [9.17, 15) is 9.59 Å². The zero-order chi connectivity index (χ0) is 18.2. The third-order valence-corrected chi connectivity index (χ3v) is 4.63. The molecule has 25 heavy (non-hydrogen) atoms. The fourth-order valence-electron chi connectivity index (χ4n) is 2.10. The number of nitrogens with one attached hydrogen (secondary N) is 3. The van der Waals surface area contributed by atoms with Gasteiger partial charge >= 0.3 is 6.03 Å². The number of hydrogen-bond donors (Lipinski definition) is 3. The first-order valence-electron chi connectivity index (χ1n) is 8.10. The minimum Gasteiger partial charge on any atom is -0.352 e. The molecule has 7 heteroatoms. The average Bonchev–Trinajstić information content (AvgIpc) is 3.06. The van der Waals surface area contributed by atoms with E-state index in [4.69, 9.17) is 11.6 Å². The first kappa shape index (κ1) is 19.3. The number of halogens is 1. The van der Waals surface area contributed by atoms with Gasteiger partial charge in [-0.05, 0) is 42.0 Å². The first-order valence-corrected chi connectivity index (χ1v) is 9.36. The van der Waals surface area contributed by atoms with E-state index < -0.39 is 0 Å². The largest absolute Gasteiger partial charge is 0.352 e. The van der Waals surface area contributed by atoms with Crippen LogP contribution in [0.5, 0.6) is 0 Å². The fourth-order valence-corrected chi connectivity index (χ4v) is 3.07. The van der Waals surface area contributed by atoms with Crippen molar-refractivity contribution in [1.29, 1.82) is 0 Å². The standard InChI is InChI=1S/C18H22ClN3O2S/c1-12(2)11-21-17(23)15-6-5-13(10-16(15)19)22-18(24)20-8-7-14-4-3-9-25-14/h3-6,9-10,12H,7-8,11H2,1-2H3,(H,21,23)(H2,20,22,24). The van der Waals surface area contributed by atoms with Gasteiger partial charge in [0.15, 0.2) is 0 Å². The van der Waals surface area contributed by atoms with Crippen molar-refractivity contribution >= 4 is 40.6 Å². The molecule has 0 unspecified atom stereocenters. The summed E-state index contributed by atoms with van der Waals surface area (Å²) in [5.74, 6) is 0.146. The highest BCUT2D eigenvalue weighted by Gasteiger charge is 2.12. The van der Waals surface area contributed by atoms with Gasteiger partial charge in [-0.25, -0.2) is 4.79 Å². The molecule has 1 aromatic heterocycles. The van der Waals surface area contributed by atoms with E-state index in [1.807, 2.05) is 31.4 Å². The minimum atomic E-state index is -0.301. The predicted molar refractivity (Wildman–Crippen MR) is 104 cm³/mol. The molecule has 2 rings (SSSR count). The van der Waals surface area contributed by atoms with Crippen molar-refractivity contribution in [3.63, 3.8) is 0 Å². The van der Waals surface area contributed by atoms with Gasteiger partial charge in [0.2, 0.25) is 0 Å². The molecule has 0 saturated carbocycles. The molecule has 0 aliphatic carbocycles. The van der Waals surface area contributed by atoms with Crippen LogP contribution >= 0.6 is 22.9 Å². The van der Waals surface area contributed by atoms with Gasteiger partial charge in [-0.1, -0.05) is 31.5 Å². The Morgan fingerprint density at radius 2 is 2.00 bits per heavy atom. The summed E-state index contributed by atoms with van der Waals surface area (Å²) >= 11 is 7.83. The van der Waals surface area contributed by atoms with E-state index in [0.717, 1.165) is 6.42 Å². The molecule has 0 aliphatic heterocycles. The zero-order valence-corrected chi connectivity index (χ0v) is 15.8. The summed E-state index contributed by atoms with van der Waals surface area (Å²) in [7, 11) is 0. The molecule has 1 aromatic carbocycles. The Bertz CT molecular complexity index is 717. The number of rotatable bonds is 7. The number of amides is 3. The number of thiophene rings is 1. The lowest BCUT2D eigenvalue weighted by Gasteiger charge is -2.11. The summed E-state index contributed by atoms with van der Waals surface area (Å²) in [4.78, 5) is 25.2. The molecule has 0 aliphatic rings. The molecule has 3 amide bonds. The monoisotopic (exact) mass is 379 g/mol. The number of benzene rings is 1. The lowest BCUT2D eigenvalue weighted by atomic mass is 10.1. The molecule has 3 N–H and O–H groups in total. The third-order valence-electron chi connectivity index (χ3n) is 3.38.